The summed E-state index contributed by atoms with van der Waals surface area (Å²) in [5.41, 5.74) is 5.77. The molecule has 3 nitrogen and oxygen atoms in total. The van der Waals surface area contributed by atoms with Crippen LogP contribution >= 0.6 is 11.3 Å². The van der Waals surface area contributed by atoms with E-state index < -0.39 is 6.10 Å². The summed E-state index contributed by atoms with van der Waals surface area (Å²) in [5.74, 6) is 0.620. The lowest BCUT2D eigenvalue weighted by Gasteiger charge is -2.16. The van der Waals surface area contributed by atoms with Gasteiger partial charge in [0.1, 0.15) is 6.10 Å². The minimum absolute atomic E-state index is 0.0163. The molecule has 1 rings (SSSR count). The second kappa shape index (κ2) is 6.35. The SMILES string of the molecule is CC(C)Cc1ccc(C(O)C(N)CCO)s1. The molecule has 0 bridgehead atoms. The average molecular weight is 243 g/mol. The van der Waals surface area contributed by atoms with E-state index in [1.165, 1.54) is 4.88 Å². The molecule has 1 aromatic rings. The molecule has 1 heterocycles. The van der Waals surface area contributed by atoms with Crippen LogP contribution in [0, 0.1) is 5.92 Å². The zero-order chi connectivity index (χ0) is 12.1. The molecule has 0 aliphatic heterocycles. The van der Waals surface area contributed by atoms with E-state index in [1.54, 1.807) is 11.3 Å². The zero-order valence-corrected chi connectivity index (χ0v) is 10.7. The molecule has 0 amide bonds. The quantitative estimate of drug-likeness (QED) is 0.712. The molecule has 0 radical (unpaired) electrons. The fourth-order valence-electron chi connectivity index (χ4n) is 1.58. The molecular weight excluding hydrogens is 222 g/mol. The molecule has 1 aromatic heterocycles. The molecular formula is C12H21NO2S. The maximum Gasteiger partial charge on any atom is 0.103 e. The molecule has 0 saturated carbocycles. The van der Waals surface area contributed by atoms with Crippen molar-refractivity contribution in [2.45, 2.75) is 38.8 Å². The molecule has 0 saturated heterocycles. The lowest BCUT2D eigenvalue weighted by atomic mass is 10.1. The molecule has 0 fully saturated rings. The largest absolute Gasteiger partial charge is 0.396 e. The Kier molecular flexibility index (Phi) is 5.41. The molecule has 16 heavy (non-hydrogen) atoms. The Morgan fingerprint density at radius 3 is 2.62 bits per heavy atom. The molecule has 4 N–H and O–H groups in total. The highest BCUT2D eigenvalue weighted by Crippen LogP contribution is 2.27. The van der Waals surface area contributed by atoms with E-state index in [0.29, 0.717) is 12.3 Å². The summed E-state index contributed by atoms with van der Waals surface area (Å²) in [6.45, 7) is 4.36. The van der Waals surface area contributed by atoms with E-state index in [1.807, 2.05) is 6.07 Å². The van der Waals surface area contributed by atoms with Gasteiger partial charge in [-0.05, 0) is 30.9 Å². The van der Waals surface area contributed by atoms with Crippen LogP contribution in [-0.4, -0.2) is 22.9 Å². The van der Waals surface area contributed by atoms with Gasteiger partial charge in [-0.25, -0.2) is 0 Å². The van der Waals surface area contributed by atoms with Crippen molar-refractivity contribution in [2.75, 3.05) is 6.61 Å². The minimum Gasteiger partial charge on any atom is -0.396 e. The fraction of sp³-hybridized carbons (Fsp3) is 0.667. The Morgan fingerprint density at radius 1 is 1.38 bits per heavy atom. The molecule has 2 unspecified atom stereocenters. The number of rotatable bonds is 6. The number of aliphatic hydroxyl groups excluding tert-OH is 2. The van der Waals surface area contributed by atoms with Crippen molar-refractivity contribution in [3.05, 3.63) is 21.9 Å². The first-order valence-electron chi connectivity index (χ1n) is 5.67. The van der Waals surface area contributed by atoms with Crippen LogP contribution < -0.4 is 5.73 Å². The summed E-state index contributed by atoms with van der Waals surface area (Å²) < 4.78 is 0. The van der Waals surface area contributed by atoms with Crippen molar-refractivity contribution in [1.82, 2.24) is 0 Å². The molecule has 0 spiro atoms. The molecule has 0 aliphatic carbocycles. The summed E-state index contributed by atoms with van der Waals surface area (Å²) in [6.07, 6.45) is 0.809. The van der Waals surface area contributed by atoms with Gasteiger partial charge in [0.25, 0.3) is 0 Å². The summed E-state index contributed by atoms with van der Waals surface area (Å²) in [4.78, 5) is 2.18. The summed E-state index contributed by atoms with van der Waals surface area (Å²) in [6, 6.07) is 3.61. The third kappa shape index (κ3) is 3.87. The van der Waals surface area contributed by atoms with Gasteiger partial charge < -0.3 is 15.9 Å². The van der Waals surface area contributed by atoms with Crippen molar-refractivity contribution in [3.8, 4) is 0 Å². The highest BCUT2D eigenvalue weighted by molar-refractivity contribution is 7.12. The number of nitrogens with two attached hydrogens (primary N) is 1. The van der Waals surface area contributed by atoms with Gasteiger partial charge in [-0.2, -0.15) is 0 Å². The molecule has 0 aromatic carbocycles. The predicted molar refractivity (Wildman–Crippen MR) is 67.5 cm³/mol. The number of hydrogen-bond donors (Lipinski definition) is 3. The van der Waals surface area contributed by atoms with Gasteiger partial charge in [0.05, 0.1) is 0 Å². The monoisotopic (exact) mass is 243 g/mol. The zero-order valence-electron chi connectivity index (χ0n) is 9.89. The third-order valence-corrected chi connectivity index (χ3v) is 3.63. The van der Waals surface area contributed by atoms with Crippen molar-refractivity contribution in [3.63, 3.8) is 0 Å². The smallest absolute Gasteiger partial charge is 0.103 e. The molecule has 0 aliphatic rings. The van der Waals surface area contributed by atoms with Gasteiger partial charge in [0, 0.05) is 22.4 Å². The maximum atomic E-state index is 9.94. The van der Waals surface area contributed by atoms with Crippen LogP contribution in [0.4, 0.5) is 0 Å². The Hall–Kier alpha value is -0.420. The molecule has 92 valence electrons. The predicted octanol–water partition coefficient (Wildman–Crippen LogP) is 1.69. The van der Waals surface area contributed by atoms with Crippen LogP contribution in [0.1, 0.15) is 36.1 Å². The van der Waals surface area contributed by atoms with E-state index in [-0.39, 0.29) is 12.6 Å². The molecule has 4 heteroatoms. The first-order chi connectivity index (χ1) is 7.54. The summed E-state index contributed by atoms with van der Waals surface area (Å²) in [5, 5.41) is 18.7. The van der Waals surface area contributed by atoms with Crippen LogP contribution in [0.25, 0.3) is 0 Å². The van der Waals surface area contributed by atoms with Crippen molar-refractivity contribution < 1.29 is 10.2 Å². The Labute approximate surface area is 101 Å². The summed E-state index contributed by atoms with van der Waals surface area (Å²) >= 11 is 1.61. The maximum absolute atomic E-state index is 9.94. The second-order valence-corrected chi connectivity index (χ2v) is 5.72. The van der Waals surface area contributed by atoms with Gasteiger partial charge in [0.15, 0.2) is 0 Å². The van der Waals surface area contributed by atoms with Gasteiger partial charge in [-0.1, -0.05) is 13.8 Å². The first-order valence-corrected chi connectivity index (χ1v) is 6.49. The van der Waals surface area contributed by atoms with Crippen molar-refractivity contribution in [1.29, 1.82) is 0 Å². The van der Waals surface area contributed by atoms with E-state index in [2.05, 4.69) is 19.9 Å². The van der Waals surface area contributed by atoms with Crippen LogP contribution in [0.15, 0.2) is 12.1 Å². The van der Waals surface area contributed by atoms with Crippen LogP contribution in [0.2, 0.25) is 0 Å². The highest BCUT2D eigenvalue weighted by Gasteiger charge is 2.18. The minimum atomic E-state index is -0.655. The lowest BCUT2D eigenvalue weighted by molar-refractivity contribution is 0.132. The third-order valence-electron chi connectivity index (χ3n) is 2.45. The number of aliphatic hydroxyl groups is 2. The Balaban J connectivity index is 2.62. The van der Waals surface area contributed by atoms with Gasteiger partial charge in [0.2, 0.25) is 0 Å². The van der Waals surface area contributed by atoms with Gasteiger partial charge in [-0.15, -0.1) is 11.3 Å². The standard InChI is InChI=1S/C12H21NO2S/c1-8(2)7-9-3-4-11(16-9)12(15)10(13)5-6-14/h3-4,8,10,12,14-15H,5-7,13H2,1-2H3. The second-order valence-electron chi connectivity index (χ2n) is 4.52. The highest BCUT2D eigenvalue weighted by atomic mass is 32.1. The van der Waals surface area contributed by atoms with Gasteiger partial charge in [-0.3, -0.25) is 0 Å². The van der Waals surface area contributed by atoms with Crippen molar-refractivity contribution >= 4 is 11.3 Å². The first kappa shape index (κ1) is 13.6. The van der Waals surface area contributed by atoms with E-state index in [9.17, 15) is 5.11 Å². The van der Waals surface area contributed by atoms with Crippen LogP contribution in [0.3, 0.4) is 0 Å². The van der Waals surface area contributed by atoms with E-state index in [4.69, 9.17) is 10.8 Å². The van der Waals surface area contributed by atoms with Crippen molar-refractivity contribution in [2.24, 2.45) is 11.7 Å². The summed E-state index contributed by atoms with van der Waals surface area (Å²) in [7, 11) is 0. The van der Waals surface area contributed by atoms with Crippen LogP contribution in [0.5, 0.6) is 0 Å². The van der Waals surface area contributed by atoms with Crippen LogP contribution in [-0.2, 0) is 6.42 Å². The fourth-order valence-corrected chi connectivity index (χ4v) is 2.87. The number of thiophene rings is 1. The topological polar surface area (TPSA) is 66.5 Å². The Morgan fingerprint density at radius 2 is 2.06 bits per heavy atom. The van der Waals surface area contributed by atoms with E-state index in [0.717, 1.165) is 11.3 Å². The molecule has 2 atom stereocenters. The average Bonchev–Trinajstić information content (AvgIpc) is 2.64. The van der Waals surface area contributed by atoms with E-state index >= 15 is 0 Å². The number of hydrogen-bond acceptors (Lipinski definition) is 4. The Bertz CT molecular complexity index is 312. The normalized spacial score (nSPS) is 15.4. The lowest BCUT2D eigenvalue weighted by Crippen LogP contribution is -2.28. The van der Waals surface area contributed by atoms with Gasteiger partial charge >= 0.3 is 0 Å².